The van der Waals surface area contributed by atoms with Crippen LogP contribution in [0.2, 0.25) is 0 Å². The minimum absolute atomic E-state index is 0.0196. The van der Waals surface area contributed by atoms with Crippen molar-refractivity contribution in [3.05, 3.63) is 0 Å². The molecule has 0 spiro atoms. The van der Waals surface area contributed by atoms with E-state index in [-0.39, 0.29) is 12.2 Å². The van der Waals surface area contributed by atoms with Gasteiger partial charge < -0.3 is 9.84 Å². The van der Waals surface area contributed by atoms with Crippen LogP contribution in [0.15, 0.2) is 0 Å². The zero-order valence-corrected chi connectivity index (χ0v) is 6.87. The second-order valence-electron chi connectivity index (χ2n) is 3.33. The maximum atomic E-state index is 9.34. The molecule has 0 aromatic carbocycles. The Bertz CT molecular complexity index is 87.8. The fourth-order valence-corrected chi connectivity index (χ4v) is 1.33. The van der Waals surface area contributed by atoms with Crippen LogP contribution in [0.5, 0.6) is 0 Å². The predicted octanol–water partition coefficient (Wildman–Crippen LogP) is 1.18. The van der Waals surface area contributed by atoms with Crippen molar-refractivity contribution < 1.29 is 9.84 Å². The normalized spacial score (nSPS) is 49.2. The molecule has 1 N–H and O–H groups in total. The first kappa shape index (κ1) is 8.02. The molecule has 0 bridgehead atoms. The number of aliphatic hydroxyl groups excluding tert-OH is 1. The first-order valence-corrected chi connectivity index (χ1v) is 3.94. The van der Waals surface area contributed by atoms with Gasteiger partial charge in [-0.25, -0.2) is 0 Å². The molecule has 1 heterocycles. The van der Waals surface area contributed by atoms with Gasteiger partial charge in [-0.3, -0.25) is 0 Å². The first-order valence-electron chi connectivity index (χ1n) is 3.94. The van der Waals surface area contributed by atoms with Crippen molar-refractivity contribution in [3.63, 3.8) is 0 Å². The maximum absolute atomic E-state index is 9.34. The molecule has 1 saturated heterocycles. The largest absolute Gasteiger partial charge is 0.390 e. The van der Waals surface area contributed by atoms with E-state index in [9.17, 15) is 5.11 Å². The van der Waals surface area contributed by atoms with Gasteiger partial charge in [0.15, 0.2) is 0 Å². The highest BCUT2D eigenvalue weighted by molar-refractivity contribution is 4.77. The topological polar surface area (TPSA) is 29.5 Å². The third-order valence-corrected chi connectivity index (χ3v) is 2.39. The molecule has 0 amide bonds. The number of rotatable bonds is 0. The third kappa shape index (κ3) is 1.50. The highest BCUT2D eigenvalue weighted by atomic mass is 16.5. The molecule has 0 radical (unpaired) electrons. The van der Waals surface area contributed by atoms with E-state index in [0.717, 1.165) is 6.42 Å². The first-order chi connectivity index (χ1) is 4.61. The quantitative estimate of drug-likeness (QED) is 0.553. The maximum Gasteiger partial charge on any atom is 0.0809 e. The second kappa shape index (κ2) is 2.89. The summed E-state index contributed by atoms with van der Waals surface area (Å²) in [5, 5.41) is 9.34. The number of hydrogen-bond acceptors (Lipinski definition) is 2. The number of hydrogen-bond donors (Lipinski definition) is 1. The minimum atomic E-state index is -0.258. The number of aliphatic hydroxyl groups is 1. The van der Waals surface area contributed by atoms with Crippen molar-refractivity contribution in [3.8, 4) is 0 Å². The molecule has 2 nitrogen and oxygen atoms in total. The molecule has 0 unspecified atom stereocenters. The van der Waals surface area contributed by atoms with E-state index >= 15 is 0 Å². The summed E-state index contributed by atoms with van der Waals surface area (Å²) in [6.07, 6.45) is 0.943. The summed E-state index contributed by atoms with van der Waals surface area (Å²) >= 11 is 0. The molecule has 0 aromatic heterocycles. The molecule has 2 heteroatoms. The summed E-state index contributed by atoms with van der Waals surface area (Å²) in [6.45, 7) is 6.10. The molecular weight excluding hydrogens is 128 g/mol. The van der Waals surface area contributed by atoms with E-state index in [1.807, 2.05) is 6.92 Å². The van der Waals surface area contributed by atoms with E-state index in [4.69, 9.17) is 4.74 Å². The van der Waals surface area contributed by atoms with Gasteiger partial charge in [-0.2, -0.15) is 0 Å². The van der Waals surface area contributed by atoms with Gasteiger partial charge in [0, 0.05) is 0 Å². The van der Waals surface area contributed by atoms with Crippen LogP contribution in [0, 0.1) is 5.92 Å². The van der Waals surface area contributed by atoms with Gasteiger partial charge in [-0.15, -0.1) is 0 Å². The van der Waals surface area contributed by atoms with E-state index < -0.39 is 0 Å². The fourth-order valence-electron chi connectivity index (χ4n) is 1.33. The van der Waals surface area contributed by atoms with E-state index in [1.54, 1.807) is 0 Å². The summed E-state index contributed by atoms with van der Waals surface area (Å²) in [5.74, 6) is 0.492. The van der Waals surface area contributed by atoms with Crippen LogP contribution in [0.1, 0.15) is 27.2 Å². The molecule has 1 aliphatic rings. The van der Waals surface area contributed by atoms with Crippen LogP contribution in [0.25, 0.3) is 0 Å². The summed E-state index contributed by atoms with van der Waals surface area (Å²) < 4.78 is 5.46. The van der Waals surface area contributed by atoms with Crippen molar-refractivity contribution in [2.24, 2.45) is 5.92 Å². The summed E-state index contributed by atoms with van der Waals surface area (Å²) in [6, 6.07) is 0. The van der Waals surface area contributed by atoms with Crippen LogP contribution >= 0.6 is 0 Å². The molecule has 60 valence electrons. The van der Waals surface area contributed by atoms with Crippen LogP contribution in [0.4, 0.5) is 0 Å². The second-order valence-corrected chi connectivity index (χ2v) is 3.33. The molecule has 4 atom stereocenters. The molecule has 10 heavy (non-hydrogen) atoms. The molecule has 1 aliphatic heterocycles. The zero-order valence-electron chi connectivity index (χ0n) is 6.87. The molecule has 0 aliphatic carbocycles. The molecule has 0 aromatic rings. The minimum Gasteiger partial charge on any atom is -0.390 e. The molecule has 1 rings (SSSR count). The lowest BCUT2D eigenvalue weighted by atomic mass is 9.93. The van der Waals surface area contributed by atoms with Gasteiger partial charge in [0.25, 0.3) is 0 Å². The van der Waals surface area contributed by atoms with E-state index in [2.05, 4.69) is 13.8 Å². The Morgan fingerprint density at radius 3 is 2.30 bits per heavy atom. The Kier molecular flexibility index (Phi) is 2.32. The van der Waals surface area contributed by atoms with Gasteiger partial charge in [-0.1, -0.05) is 6.92 Å². The average molecular weight is 144 g/mol. The van der Waals surface area contributed by atoms with Crippen LogP contribution in [0.3, 0.4) is 0 Å². The van der Waals surface area contributed by atoms with Crippen LogP contribution < -0.4 is 0 Å². The Hall–Kier alpha value is -0.0800. The van der Waals surface area contributed by atoms with Gasteiger partial charge in [0.1, 0.15) is 0 Å². The standard InChI is InChI=1S/C8H16O2/c1-5-4-8(9)7(3)10-6(5)2/h5-9H,4H2,1-3H3/t5-,6+,7+,8-/m1/s1. The van der Waals surface area contributed by atoms with Crippen molar-refractivity contribution in [2.45, 2.75) is 45.5 Å². The van der Waals surface area contributed by atoms with Crippen molar-refractivity contribution in [1.82, 2.24) is 0 Å². The Morgan fingerprint density at radius 1 is 1.20 bits per heavy atom. The van der Waals surface area contributed by atoms with Gasteiger partial charge >= 0.3 is 0 Å². The summed E-state index contributed by atoms with van der Waals surface area (Å²) in [7, 11) is 0. The zero-order chi connectivity index (χ0) is 7.72. The Balaban J connectivity index is 2.46. The Labute approximate surface area is 62.2 Å². The van der Waals surface area contributed by atoms with Gasteiger partial charge in [0.05, 0.1) is 18.3 Å². The molecular formula is C8H16O2. The lowest BCUT2D eigenvalue weighted by Gasteiger charge is -2.34. The molecule has 0 saturated carbocycles. The summed E-state index contributed by atoms with van der Waals surface area (Å²) in [4.78, 5) is 0. The smallest absolute Gasteiger partial charge is 0.0809 e. The molecule has 1 fully saturated rings. The Morgan fingerprint density at radius 2 is 1.80 bits per heavy atom. The number of ether oxygens (including phenoxy) is 1. The summed E-state index contributed by atoms with van der Waals surface area (Å²) in [5.41, 5.74) is 0. The van der Waals surface area contributed by atoms with Crippen molar-refractivity contribution in [1.29, 1.82) is 0 Å². The van der Waals surface area contributed by atoms with Crippen LogP contribution in [-0.2, 0) is 4.74 Å². The SMILES string of the molecule is C[C@@H]1C[C@@H](O)[C@H](C)O[C@H]1C. The monoisotopic (exact) mass is 144 g/mol. The third-order valence-electron chi connectivity index (χ3n) is 2.39. The van der Waals surface area contributed by atoms with Gasteiger partial charge in [-0.05, 0) is 26.2 Å². The van der Waals surface area contributed by atoms with Crippen LogP contribution in [-0.4, -0.2) is 23.4 Å². The lowest BCUT2D eigenvalue weighted by Crippen LogP contribution is -2.40. The van der Waals surface area contributed by atoms with Crippen molar-refractivity contribution in [2.75, 3.05) is 0 Å². The highest BCUT2D eigenvalue weighted by Gasteiger charge is 2.29. The van der Waals surface area contributed by atoms with Gasteiger partial charge in [0.2, 0.25) is 0 Å². The van der Waals surface area contributed by atoms with E-state index in [1.165, 1.54) is 0 Å². The van der Waals surface area contributed by atoms with Crippen molar-refractivity contribution >= 4 is 0 Å². The predicted molar refractivity (Wildman–Crippen MR) is 39.8 cm³/mol. The lowest BCUT2D eigenvalue weighted by molar-refractivity contribution is -0.126. The van der Waals surface area contributed by atoms with E-state index in [0.29, 0.717) is 12.0 Å². The fraction of sp³-hybridized carbons (Fsp3) is 1.00. The highest BCUT2D eigenvalue weighted by Crippen LogP contribution is 2.24. The average Bonchev–Trinajstić information content (AvgIpc) is 1.84.